The molecular weight excluding hydrogens is 576 g/mol. The van der Waals surface area contributed by atoms with Crippen molar-refractivity contribution in [2.75, 3.05) is 19.8 Å². The molecule has 0 aliphatic heterocycles. The van der Waals surface area contributed by atoms with E-state index in [0.29, 0.717) is 19.4 Å². The van der Waals surface area contributed by atoms with E-state index in [1.165, 1.54) is 57.8 Å². The number of carbonyl (C=O) groups excluding carboxylic acids is 2. The number of allylic oxidation sites excluding steroid dienone is 8. The van der Waals surface area contributed by atoms with Crippen molar-refractivity contribution in [1.82, 2.24) is 0 Å². The molecule has 0 radical (unpaired) electrons. The normalized spacial score (nSPS) is 13.4. The monoisotopic (exact) mass is 647 g/mol. The molecule has 0 spiro atoms. The van der Waals surface area contributed by atoms with Crippen molar-refractivity contribution in [3.05, 3.63) is 48.6 Å². The lowest BCUT2D eigenvalue weighted by molar-refractivity contribution is -0.161. The van der Waals surface area contributed by atoms with Crippen molar-refractivity contribution >= 4 is 11.9 Å². The van der Waals surface area contributed by atoms with Gasteiger partial charge in [-0.15, -0.1) is 0 Å². The fourth-order valence-corrected chi connectivity index (χ4v) is 4.97. The van der Waals surface area contributed by atoms with Gasteiger partial charge < -0.3 is 19.7 Å². The Balaban J connectivity index is 3.69. The molecule has 0 aromatic heterocycles. The molecule has 46 heavy (non-hydrogen) atoms. The van der Waals surface area contributed by atoms with E-state index in [0.717, 1.165) is 76.5 Å². The Morgan fingerprint density at radius 3 is 1.61 bits per heavy atom. The summed E-state index contributed by atoms with van der Waals surface area (Å²) in [6, 6.07) is 0. The number of carbonyl (C=O) groups is 2. The third-order valence-electron chi connectivity index (χ3n) is 8.22. The summed E-state index contributed by atoms with van der Waals surface area (Å²) >= 11 is 0. The van der Waals surface area contributed by atoms with Gasteiger partial charge in [0.15, 0.2) is 6.10 Å². The Morgan fingerprint density at radius 2 is 1.07 bits per heavy atom. The maximum atomic E-state index is 12.1. The summed E-state index contributed by atoms with van der Waals surface area (Å²) in [5.41, 5.74) is 0. The number of unbranched alkanes of at least 4 members (excludes halogenated alkanes) is 13. The van der Waals surface area contributed by atoms with Crippen LogP contribution in [0.4, 0.5) is 0 Å². The number of ether oxygens (including phenoxy) is 2. The Labute approximate surface area is 282 Å². The van der Waals surface area contributed by atoms with Gasteiger partial charge in [0.1, 0.15) is 6.61 Å². The summed E-state index contributed by atoms with van der Waals surface area (Å²) in [6.45, 7) is 4.46. The quantitative estimate of drug-likeness (QED) is 0.0419. The van der Waals surface area contributed by atoms with Gasteiger partial charge in [0, 0.05) is 19.4 Å². The van der Waals surface area contributed by atoms with Crippen molar-refractivity contribution in [2.24, 2.45) is 5.92 Å². The largest absolute Gasteiger partial charge is 0.462 e. The summed E-state index contributed by atoms with van der Waals surface area (Å²) in [7, 11) is 0. The van der Waals surface area contributed by atoms with E-state index in [9.17, 15) is 14.7 Å². The number of esters is 2. The molecule has 0 aliphatic rings. The van der Waals surface area contributed by atoms with Gasteiger partial charge >= 0.3 is 11.9 Å². The van der Waals surface area contributed by atoms with Crippen LogP contribution in [-0.2, 0) is 19.1 Å². The topological polar surface area (TPSA) is 93.1 Å². The highest BCUT2D eigenvalue weighted by molar-refractivity contribution is 5.70. The lowest BCUT2D eigenvalue weighted by Crippen LogP contribution is -2.28. The zero-order chi connectivity index (χ0) is 33.8. The molecule has 0 aliphatic carbocycles. The molecule has 6 nitrogen and oxygen atoms in total. The van der Waals surface area contributed by atoms with Crippen LogP contribution in [0.25, 0.3) is 0 Å². The average Bonchev–Trinajstić information content (AvgIpc) is 3.06. The van der Waals surface area contributed by atoms with Crippen LogP contribution in [0, 0.1) is 5.92 Å². The summed E-state index contributed by atoms with van der Waals surface area (Å²) in [5, 5.41) is 18.3. The molecule has 0 saturated carbocycles. The minimum Gasteiger partial charge on any atom is -0.462 e. The number of aliphatic hydroxyl groups is 2. The average molecular weight is 647 g/mol. The van der Waals surface area contributed by atoms with Crippen molar-refractivity contribution in [2.45, 2.75) is 168 Å². The highest BCUT2D eigenvalue weighted by atomic mass is 16.6. The molecule has 0 bridgehead atoms. The lowest BCUT2D eigenvalue weighted by Gasteiger charge is -2.15. The third kappa shape index (κ3) is 33.2. The molecule has 0 fully saturated rings. The van der Waals surface area contributed by atoms with Gasteiger partial charge in [-0.3, -0.25) is 9.59 Å². The predicted molar refractivity (Wildman–Crippen MR) is 193 cm³/mol. The second-order valence-corrected chi connectivity index (χ2v) is 12.6. The van der Waals surface area contributed by atoms with Gasteiger partial charge in [0.05, 0.1) is 6.61 Å². The molecule has 2 N–H and O–H groups in total. The fourth-order valence-electron chi connectivity index (χ4n) is 4.97. The summed E-state index contributed by atoms with van der Waals surface area (Å²) in [4.78, 5) is 24.2. The molecule has 266 valence electrons. The van der Waals surface area contributed by atoms with E-state index in [2.05, 4.69) is 62.5 Å². The first-order chi connectivity index (χ1) is 22.5. The summed E-state index contributed by atoms with van der Waals surface area (Å²) in [5.74, 6) is 0.199. The van der Waals surface area contributed by atoms with E-state index in [-0.39, 0.29) is 31.6 Å². The summed E-state index contributed by atoms with van der Waals surface area (Å²) < 4.78 is 10.5. The molecule has 1 unspecified atom stereocenters. The van der Waals surface area contributed by atoms with Gasteiger partial charge in [0.25, 0.3) is 0 Å². The maximum absolute atomic E-state index is 12.1. The maximum Gasteiger partial charge on any atom is 0.306 e. The Morgan fingerprint density at radius 1 is 0.587 bits per heavy atom. The molecule has 0 saturated heterocycles. The zero-order valence-electron chi connectivity index (χ0n) is 29.7. The molecule has 0 aromatic carbocycles. The molecule has 0 aromatic rings. The Bertz CT molecular complexity index is 800. The fraction of sp³-hybridized carbons (Fsp3) is 0.750. The van der Waals surface area contributed by atoms with Crippen LogP contribution in [0.5, 0.6) is 0 Å². The van der Waals surface area contributed by atoms with Crippen LogP contribution in [-0.4, -0.2) is 48.1 Å². The third-order valence-corrected chi connectivity index (χ3v) is 8.22. The second-order valence-electron chi connectivity index (χ2n) is 12.6. The standard InChI is InChI=1S/C40H70O6/c1-3-37(2)31-27-23-19-15-12-13-16-20-24-28-32-39(43)45-36-38(35-42)46-40(44)33-29-25-21-17-11-9-7-5-4-6-8-10-14-18-22-26-30-34-41/h4,6-7,9-10,14,17,21,37-38,41-42H,3,5,8,11-13,15-16,18-20,22-36H2,1-2H3/b6-4-,9-7-,14-10-,21-17-/t37?,38-/m0/s1. The van der Waals surface area contributed by atoms with Crippen LogP contribution in [0.2, 0.25) is 0 Å². The van der Waals surface area contributed by atoms with Crippen molar-refractivity contribution in [1.29, 1.82) is 0 Å². The minimum absolute atomic E-state index is 0.0946. The van der Waals surface area contributed by atoms with Crippen LogP contribution < -0.4 is 0 Å². The van der Waals surface area contributed by atoms with E-state index in [1.54, 1.807) is 0 Å². The molecule has 6 heteroatoms. The number of hydrogen-bond donors (Lipinski definition) is 2. The second kappa shape index (κ2) is 35.7. The first-order valence-corrected chi connectivity index (χ1v) is 18.7. The molecule has 0 rings (SSSR count). The van der Waals surface area contributed by atoms with Crippen LogP contribution in [0.1, 0.15) is 162 Å². The van der Waals surface area contributed by atoms with Gasteiger partial charge in [-0.2, -0.15) is 0 Å². The molecule has 0 amide bonds. The smallest absolute Gasteiger partial charge is 0.306 e. The highest BCUT2D eigenvalue weighted by Crippen LogP contribution is 2.15. The van der Waals surface area contributed by atoms with Crippen molar-refractivity contribution in [3.63, 3.8) is 0 Å². The first kappa shape index (κ1) is 43.8. The van der Waals surface area contributed by atoms with Gasteiger partial charge in [0.2, 0.25) is 0 Å². The van der Waals surface area contributed by atoms with Gasteiger partial charge in [-0.05, 0) is 63.7 Å². The summed E-state index contributed by atoms with van der Waals surface area (Å²) in [6.07, 6.45) is 40.4. The van der Waals surface area contributed by atoms with Crippen molar-refractivity contribution < 1.29 is 29.3 Å². The zero-order valence-corrected chi connectivity index (χ0v) is 29.7. The van der Waals surface area contributed by atoms with E-state index in [4.69, 9.17) is 14.6 Å². The van der Waals surface area contributed by atoms with Crippen molar-refractivity contribution in [3.8, 4) is 0 Å². The van der Waals surface area contributed by atoms with Gasteiger partial charge in [-0.1, -0.05) is 140 Å². The first-order valence-electron chi connectivity index (χ1n) is 18.7. The SMILES string of the molecule is CCC(C)CCCCCCCCCCCCC(=O)OC[C@H](CO)OC(=O)CCC/C=C\C/C=C\C/C=C\C/C=C\CCCCCO. The Kier molecular flexibility index (Phi) is 34.0. The molecule has 2 atom stereocenters. The number of rotatable bonds is 33. The van der Waals surface area contributed by atoms with Gasteiger partial charge in [-0.25, -0.2) is 0 Å². The molecular formula is C40H70O6. The van der Waals surface area contributed by atoms with E-state index >= 15 is 0 Å². The number of hydrogen-bond acceptors (Lipinski definition) is 6. The lowest BCUT2D eigenvalue weighted by atomic mass is 9.99. The predicted octanol–water partition coefficient (Wildman–Crippen LogP) is 10.3. The Hall–Kier alpha value is -2.18. The van der Waals surface area contributed by atoms with Crippen LogP contribution >= 0.6 is 0 Å². The number of aliphatic hydroxyl groups excluding tert-OH is 2. The van der Waals surface area contributed by atoms with E-state index in [1.807, 2.05) is 0 Å². The molecule has 0 heterocycles. The minimum atomic E-state index is -0.806. The van der Waals surface area contributed by atoms with Crippen LogP contribution in [0.15, 0.2) is 48.6 Å². The van der Waals surface area contributed by atoms with E-state index < -0.39 is 6.10 Å². The van der Waals surface area contributed by atoms with Crippen LogP contribution in [0.3, 0.4) is 0 Å². The highest BCUT2D eigenvalue weighted by Gasteiger charge is 2.16.